The molecule has 3 aliphatic rings. The summed E-state index contributed by atoms with van der Waals surface area (Å²) in [5.41, 5.74) is 3.62. The Balaban J connectivity index is 0.00000218. The van der Waals surface area contributed by atoms with Gasteiger partial charge in [0.25, 0.3) is 0 Å². The van der Waals surface area contributed by atoms with Crippen molar-refractivity contribution < 1.29 is 24.5 Å². The van der Waals surface area contributed by atoms with Crippen molar-refractivity contribution in [3.63, 3.8) is 0 Å². The Hall–Kier alpha value is -1.80. The highest BCUT2D eigenvalue weighted by Gasteiger charge is 2.52. The van der Waals surface area contributed by atoms with Crippen molar-refractivity contribution in [3.8, 4) is 5.75 Å². The lowest BCUT2D eigenvalue weighted by atomic mass is 9.64. The minimum atomic E-state index is -0.864. The van der Waals surface area contributed by atoms with E-state index in [9.17, 15) is 15.0 Å². The summed E-state index contributed by atoms with van der Waals surface area (Å²) in [6, 6.07) is 6.31. The Morgan fingerprint density at radius 2 is 2.07 bits per heavy atom. The number of aromatic amines is 1. The number of aliphatic carboxylic acids is 1. The number of H-pyrrole nitrogens is 1. The molecule has 1 saturated carbocycles. The first-order valence-corrected chi connectivity index (χ1v) is 10.4. The van der Waals surface area contributed by atoms with Crippen LogP contribution in [0.1, 0.15) is 30.1 Å². The molecule has 6 unspecified atom stereocenters. The number of aliphatic hydroxyl groups is 1. The largest absolute Gasteiger partial charge is 0.497 e. The number of carboxylic acids is 1. The van der Waals surface area contributed by atoms with Gasteiger partial charge in [-0.3, -0.25) is 9.69 Å². The predicted octanol–water partition coefficient (Wildman–Crippen LogP) is 2.61. The average molecular weight is 437 g/mol. The van der Waals surface area contributed by atoms with Crippen LogP contribution < -0.4 is 4.74 Å². The molecule has 2 fully saturated rings. The van der Waals surface area contributed by atoms with Gasteiger partial charge in [0.1, 0.15) is 5.75 Å². The molecule has 1 aromatic heterocycles. The van der Waals surface area contributed by atoms with E-state index in [1.165, 1.54) is 23.8 Å². The zero-order valence-corrected chi connectivity index (χ0v) is 18.0. The number of aromatic nitrogens is 1. The number of benzene rings is 1. The Kier molecular flexibility index (Phi) is 5.74. The highest BCUT2D eigenvalue weighted by atomic mass is 35.5. The first kappa shape index (κ1) is 21.4. The van der Waals surface area contributed by atoms with Crippen molar-refractivity contribution >= 4 is 29.3 Å². The minimum Gasteiger partial charge on any atom is -0.497 e. The lowest BCUT2D eigenvalue weighted by Crippen LogP contribution is -2.57. The van der Waals surface area contributed by atoms with Crippen LogP contribution in [0.25, 0.3) is 10.9 Å². The molecule has 1 saturated heterocycles. The van der Waals surface area contributed by atoms with Crippen molar-refractivity contribution in [1.82, 2.24) is 9.88 Å². The van der Waals surface area contributed by atoms with Gasteiger partial charge in [-0.2, -0.15) is 0 Å². The standard InChI is InChI=1S/C22H28N2O5.ClH/c1-28-12-3-4-13-14-5-6-24-10-11-7-18(25)21(29-2)19(22(26)27)15(11)9-17(24)20(14)23-16(13)8-12;/h3-4,8,11,15,17-19,21,23,25H,5-7,9-10H2,1-2H3,(H,26,27);1H. The van der Waals surface area contributed by atoms with Crippen LogP contribution in [0.3, 0.4) is 0 Å². The number of carboxylic acid groups (broad SMARTS) is 1. The Morgan fingerprint density at radius 1 is 1.27 bits per heavy atom. The van der Waals surface area contributed by atoms with Gasteiger partial charge in [-0.05, 0) is 48.8 Å². The van der Waals surface area contributed by atoms with Crippen molar-refractivity contribution in [2.24, 2.45) is 17.8 Å². The molecule has 0 spiro atoms. The predicted molar refractivity (Wildman–Crippen MR) is 114 cm³/mol. The fourth-order valence-electron chi connectivity index (χ4n) is 6.15. The molecule has 0 amide bonds. The maximum Gasteiger partial charge on any atom is 0.309 e. The third kappa shape index (κ3) is 3.19. The van der Waals surface area contributed by atoms with Crippen molar-refractivity contribution in [3.05, 3.63) is 29.5 Å². The van der Waals surface area contributed by atoms with Crippen LogP contribution in [0.2, 0.25) is 0 Å². The average Bonchev–Trinajstić information content (AvgIpc) is 3.09. The summed E-state index contributed by atoms with van der Waals surface area (Å²) in [5.74, 6) is -0.539. The first-order valence-electron chi connectivity index (χ1n) is 10.4. The number of piperidine rings is 1. The molecular formula is C22H29ClN2O5. The molecule has 1 aliphatic carbocycles. The number of ether oxygens (including phenoxy) is 2. The van der Waals surface area contributed by atoms with Gasteiger partial charge in [-0.15, -0.1) is 12.4 Å². The summed E-state index contributed by atoms with van der Waals surface area (Å²) in [5, 5.41) is 21.7. The molecule has 0 bridgehead atoms. The van der Waals surface area contributed by atoms with Gasteiger partial charge in [0.05, 0.1) is 31.3 Å². The Labute approximate surface area is 181 Å². The monoisotopic (exact) mass is 436 g/mol. The number of methoxy groups -OCH3 is 2. The van der Waals surface area contributed by atoms with Crippen LogP contribution in [0, 0.1) is 17.8 Å². The first-order chi connectivity index (χ1) is 14.0. The van der Waals surface area contributed by atoms with E-state index in [2.05, 4.69) is 16.0 Å². The smallest absolute Gasteiger partial charge is 0.309 e. The lowest BCUT2D eigenvalue weighted by molar-refractivity contribution is -0.172. The molecule has 5 rings (SSSR count). The molecule has 1 aromatic carbocycles. The summed E-state index contributed by atoms with van der Waals surface area (Å²) >= 11 is 0. The van der Waals surface area contributed by atoms with Gasteiger partial charge < -0.3 is 24.7 Å². The van der Waals surface area contributed by atoms with Gasteiger partial charge >= 0.3 is 5.97 Å². The summed E-state index contributed by atoms with van der Waals surface area (Å²) in [7, 11) is 3.17. The Bertz CT molecular complexity index is 947. The molecule has 3 heterocycles. The van der Waals surface area contributed by atoms with E-state index < -0.39 is 24.1 Å². The number of nitrogens with one attached hydrogen (secondary N) is 1. The van der Waals surface area contributed by atoms with Crippen LogP contribution in [-0.2, 0) is 16.0 Å². The number of hydrogen-bond donors (Lipinski definition) is 3. The van der Waals surface area contributed by atoms with Crippen LogP contribution in [-0.4, -0.2) is 65.6 Å². The molecule has 30 heavy (non-hydrogen) atoms. The zero-order valence-electron chi connectivity index (χ0n) is 17.2. The van der Waals surface area contributed by atoms with E-state index in [1.807, 2.05) is 12.1 Å². The van der Waals surface area contributed by atoms with Crippen molar-refractivity contribution in [1.29, 1.82) is 0 Å². The van der Waals surface area contributed by atoms with Crippen LogP contribution >= 0.6 is 12.4 Å². The molecule has 3 N–H and O–H groups in total. The van der Waals surface area contributed by atoms with E-state index in [0.717, 1.165) is 37.2 Å². The highest BCUT2D eigenvalue weighted by molar-refractivity contribution is 5.86. The summed E-state index contributed by atoms with van der Waals surface area (Å²) in [6.07, 6.45) is 0.981. The molecule has 8 heteroatoms. The van der Waals surface area contributed by atoms with Gasteiger partial charge in [0.15, 0.2) is 0 Å². The second-order valence-electron chi connectivity index (χ2n) is 8.72. The van der Waals surface area contributed by atoms with Gasteiger partial charge in [0.2, 0.25) is 0 Å². The number of fused-ring (bicyclic) bond motifs is 6. The van der Waals surface area contributed by atoms with Gasteiger partial charge in [-0.25, -0.2) is 0 Å². The topological polar surface area (TPSA) is 95.0 Å². The van der Waals surface area contributed by atoms with E-state index >= 15 is 0 Å². The number of rotatable bonds is 3. The van der Waals surface area contributed by atoms with E-state index in [4.69, 9.17) is 9.47 Å². The number of aliphatic hydroxyl groups excluding tert-OH is 1. The quantitative estimate of drug-likeness (QED) is 0.684. The Morgan fingerprint density at radius 3 is 2.77 bits per heavy atom. The molecule has 0 radical (unpaired) electrons. The van der Waals surface area contributed by atoms with Gasteiger partial charge in [0, 0.05) is 42.9 Å². The summed E-state index contributed by atoms with van der Waals surface area (Å²) in [6.45, 7) is 1.78. The SMILES string of the molecule is COc1ccc2c3c([nH]c2c1)C1CC2C(CC(O)C(OC)C2C(=O)O)CN1CC3.Cl. The number of hydrogen-bond acceptors (Lipinski definition) is 5. The fraction of sp³-hybridized carbons (Fsp3) is 0.591. The molecule has 2 aliphatic heterocycles. The van der Waals surface area contributed by atoms with E-state index in [0.29, 0.717) is 6.42 Å². The van der Waals surface area contributed by atoms with Crippen LogP contribution in [0.15, 0.2) is 18.2 Å². The maximum atomic E-state index is 12.1. The summed E-state index contributed by atoms with van der Waals surface area (Å²) < 4.78 is 10.8. The van der Waals surface area contributed by atoms with Crippen molar-refractivity contribution in [2.75, 3.05) is 27.3 Å². The third-order valence-corrected chi connectivity index (χ3v) is 7.44. The zero-order chi connectivity index (χ0) is 20.3. The van der Waals surface area contributed by atoms with Crippen molar-refractivity contribution in [2.45, 2.75) is 37.5 Å². The van der Waals surface area contributed by atoms with E-state index in [1.54, 1.807) is 7.11 Å². The normalized spacial score (nSPS) is 33.2. The van der Waals surface area contributed by atoms with Gasteiger partial charge in [-0.1, -0.05) is 0 Å². The maximum absolute atomic E-state index is 12.1. The number of halogens is 1. The van der Waals surface area contributed by atoms with Crippen LogP contribution in [0.5, 0.6) is 5.75 Å². The molecular weight excluding hydrogens is 408 g/mol. The highest BCUT2D eigenvalue weighted by Crippen LogP contribution is 2.49. The number of carbonyl (C=O) groups is 1. The number of nitrogens with zero attached hydrogens (tertiary/aromatic N) is 1. The molecule has 164 valence electrons. The second kappa shape index (κ2) is 8.04. The molecule has 6 atom stereocenters. The lowest BCUT2D eigenvalue weighted by Gasteiger charge is -2.52. The fourth-order valence-corrected chi connectivity index (χ4v) is 6.15. The van der Waals surface area contributed by atoms with Crippen LogP contribution in [0.4, 0.5) is 0 Å². The molecule has 2 aromatic rings. The minimum absolute atomic E-state index is 0. The third-order valence-electron chi connectivity index (χ3n) is 7.44. The molecule has 7 nitrogen and oxygen atoms in total. The second-order valence-corrected chi connectivity index (χ2v) is 8.72. The summed E-state index contributed by atoms with van der Waals surface area (Å²) in [4.78, 5) is 18.2. The van der Waals surface area contributed by atoms with E-state index in [-0.39, 0.29) is 30.3 Å².